The molecule has 0 bridgehead atoms. The van der Waals surface area contributed by atoms with Gasteiger partial charge in [-0.05, 0) is 51.5 Å². The fourth-order valence-electron chi connectivity index (χ4n) is 3.20. The Morgan fingerprint density at radius 3 is 2.79 bits per heavy atom. The van der Waals surface area contributed by atoms with Crippen LogP contribution < -0.4 is 14.8 Å². The van der Waals surface area contributed by atoms with Gasteiger partial charge < -0.3 is 24.6 Å². The summed E-state index contributed by atoms with van der Waals surface area (Å²) in [6.45, 7) is 4.14. The standard InChI is InChI=1S/C17H24ClN3O3/c1-11(13-4-5-14-16(15(13)18)24-10-23-14)19-17(22)21(3)12-6-8-20(2)9-7-12/h4-5,11-12H,6-10H2,1-3H3,(H,19,22). The molecule has 2 amide bonds. The Morgan fingerprint density at radius 2 is 2.08 bits per heavy atom. The van der Waals surface area contributed by atoms with Crippen LogP contribution in [0.25, 0.3) is 0 Å². The molecule has 2 aliphatic rings. The van der Waals surface area contributed by atoms with Crippen molar-refractivity contribution >= 4 is 17.6 Å². The molecule has 1 saturated heterocycles. The molecule has 0 saturated carbocycles. The number of carbonyl (C=O) groups excluding carboxylic acids is 1. The Hall–Kier alpha value is -1.66. The number of piperidine rings is 1. The van der Waals surface area contributed by atoms with Crippen molar-refractivity contribution in [3.8, 4) is 11.5 Å². The predicted molar refractivity (Wildman–Crippen MR) is 92.8 cm³/mol. The van der Waals surface area contributed by atoms with E-state index in [4.69, 9.17) is 21.1 Å². The summed E-state index contributed by atoms with van der Waals surface area (Å²) in [5.41, 5.74) is 0.825. The van der Waals surface area contributed by atoms with E-state index in [2.05, 4.69) is 17.3 Å². The predicted octanol–water partition coefficient (Wildman–Crippen LogP) is 2.87. The van der Waals surface area contributed by atoms with Crippen molar-refractivity contribution in [2.24, 2.45) is 0 Å². The Labute approximate surface area is 147 Å². The van der Waals surface area contributed by atoms with Crippen LogP contribution in [-0.2, 0) is 0 Å². The van der Waals surface area contributed by atoms with Crippen LogP contribution in [0.2, 0.25) is 5.02 Å². The molecule has 6 nitrogen and oxygen atoms in total. The van der Waals surface area contributed by atoms with Gasteiger partial charge in [-0.1, -0.05) is 17.7 Å². The van der Waals surface area contributed by atoms with Gasteiger partial charge in [0.15, 0.2) is 11.5 Å². The van der Waals surface area contributed by atoms with Crippen LogP contribution in [0, 0.1) is 0 Å². The molecule has 0 aromatic heterocycles. The molecule has 1 N–H and O–H groups in total. The van der Waals surface area contributed by atoms with Crippen LogP contribution >= 0.6 is 11.6 Å². The van der Waals surface area contributed by atoms with Crippen molar-refractivity contribution in [2.45, 2.75) is 31.8 Å². The highest BCUT2D eigenvalue weighted by molar-refractivity contribution is 6.33. The molecule has 3 rings (SSSR count). The Bertz CT molecular complexity index is 617. The second-order valence-corrected chi connectivity index (χ2v) is 6.90. The van der Waals surface area contributed by atoms with Gasteiger partial charge in [0.2, 0.25) is 6.79 Å². The van der Waals surface area contributed by atoms with Gasteiger partial charge in [0.25, 0.3) is 0 Å². The molecule has 7 heteroatoms. The molecule has 132 valence electrons. The van der Waals surface area contributed by atoms with Crippen LogP contribution in [-0.4, -0.2) is 55.9 Å². The molecule has 0 aliphatic carbocycles. The van der Waals surface area contributed by atoms with Gasteiger partial charge in [0.05, 0.1) is 11.1 Å². The molecule has 0 radical (unpaired) electrons. The Balaban J connectivity index is 1.64. The van der Waals surface area contributed by atoms with Crippen molar-refractivity contribution in [3.63, 3.8) is 0 Å². The number of hydrogen-bond acceptors (Lipinski definition) is 4. The number of halogens is 1. The van der Waals surface area contributed by atoms with E-state index in [1.165, 1.54) is 0 Å². The highest BCUT2D eigenvalue weighted by Crippen LogP contribution is 2.42. The number of nitrogens with zero attached hydrogens (tertiary/aromatic N) is 2. The minimum absolute atomic E-state index is 0.0780. The smallest absolute Gasteiger partial charge is 0.317 e. The monoisotopic (exact) mass is 353 g/mol. The van der Waals surface area contributed by atoms with E-state index in [0.717, 1.165) is 31.5 Å². The maximum atomic E-state index is 12.6. The fourth-order valence-corrected chi connectivity index (χ4v) is 3.58. The summed E-state index contributed by atoms with van der Waals surface area (Å²) in [7, 11) is 3.97. The summed E-state index contributed by atoms with van der Waals surface area (Å²) in [5.74, 6) is 1.20. The summed E-state index contributed by atoms with van der Waals surface area (Å²) in [5, 5.41) is 3.53. The lowest BCUT2D eigenvalue weighted by Gasteiger charge is -2.35. The zero-order chi connectivity index (χ0) is 17.3. The molecule has 1 aromatic carbocycles. The quantitative estimate of drug-likeness (QED) is 0.907. The SMILES string of the molecule is CC(NC(=O)N(C)C1CCN(C)CC1)c1ccc2c(c1Cl)OCO2. The maximum absolute atomic E-state index is 12.6. The summed E-state index contributed by atoms with van der Waals surface area (Å²) in [4.78, 5) is 16.7. The Morgan fingerprint density at radius 1 is 1.38 bits per heavy atom. The molecule has 1 unspecified atom stereocenters. The average Bonchev–Trinajstić information content (AvgIpc) is 3.04. The van der Waals surface area contributed by atoms with Gasteiger partial charge in [-0.3, -0.25) is 0 Å². The largest absolute Gasteiger partial charge is 0.454 e. The van der Waals surface area contributed by atoms with Gasteiger partial charge >= 0.3 is 6.03 Å². The zero-order valence-electron chi connectivity index (χ0n) is 14.3. The molecule has 1 aromatic rings. The lowest BCUT2D eigenvalue weighted by atomic mass is 10.0. The lowest BCUT2D eigenvalue weighted by Crippen LogP contribution is -2.48. The molecule has 2 aliphatic heterocycles. The van der Waals surface area contributed by atoms with Crippen LogP contribution in [0.15, 0.2) is 12.1 Å². The number of hydrogen-bond donors (Lipinski definition) is 1. The van der Waals surface area contributed by atoms with Crippen molar-refractivity contribution in [3.05, 3.63) is 22.7 Å². The molecule has 1 atom stereocenters. The summed E-state index contributed by atoms with van der Waals surface area (Å²) in [6.07, 6.45) is 2.00. The molecular formula is C17H24ClN3O3. The number of carbonyl (C=O) groups is 1. The fraction of sp³-hybridized carbons (Fsp3) is 0.588. The summed E-state index contributed by atoms with van der Waals surface area (Å²) in [6, 6.07) is 3.68. The minimum Gasteiger partial charge on any atom is -0.454 e. The normalized spacial score (nSPS) is 19.2. The van der Waals surface area contributed by atoms with Gasteiger partial charge in [-0.25, -0.2) is 4.79 Å². The summed E-state index contributed by atoms with van der Waals surface area (Å²) >= 11 is 6.40. The van der Waals surface area contributed by atoms with Crippen molar-refractivity contribution in [2.75, 3.05) is 34.0 Å². The average molecular weight is 354 g/mol. The lowest BCUT2D eigenvalue weighted by molar-refractivity contribution is 0.146. The molecule has 0 spiro atoms. The highest BCUT2D eigenvalue weighted by atomic mass is 35.5. The van der Waals surface area contributed by atoms with Crippen molar-refractivity contribution in [1.82, 2.24) is 15.1 Å². The summed E-state index contributed by atoms with van der Waals surface area (Å²) < 4.78 is 10.7. The van der Waals surface area contributed by atoms with E-state index in [1.54, 1.807) is 0 Å². The van der Waals surface area contributed by atoms with Gasteiger partial charge in [0.1, 0.15) is 0 Å². The Kier molecular flexibility index (Phi) is 5.06. The van der Waals surface area contributed by atoms with E-state index in [1.807, 2.05) is 31.0 Å². The van der Waals surface area contributed by atoms with E-state index in [0.29, 0.717) is 16.5 Å². The number of ether oxygens (including phenoxy) is 2. The third-order valence-corrected chi connectivity index (χ3v) is 5.26. The topological polar surface area (TPSA) is 54.0 Å². The molecule has 2 heterocycles. The van der Waals surface area contributed by atoms with Crippen molar-refractivity contribution in [1.29, 1.82) is 0 Å². The first-order chi connectivity index (χ1) is 11.5. The number of amides is 2. The minimum atomic E-state index is -0.215. The number of fused-ring (bicyclic) bond motifs is 1. The zero-order valence-corrected chi connectivity index (χ0v) is 15.1. The first-order valence-electron chi connectivity index (χ1n) is 8.27. The first-order valence-corrected chi connectivity index (χ1v) is 8.65. The molecular weight excluding hydrogens is 330 g/mol. The number of likely N-dealkylation sites (tertiary alicyclic amines) is 1. The number of benzene rings is 1. The van der Waals surface area contributed by atoms with Crippen LogP contribution in [0.5, 0.6) is 11.5 Å². The van der Waals surface area contributed by atoms with Gasteiger partial charge in [-0.2, -0.15) is 0 Å². The molecule has 24 heavy (non-hydrogen) atoms. The van der Waals surface area contributed by atoms with E-state index in [9.17, 15) is 4.79 Å². The van der Waals surface area contributed by atoms with E-state index < -0.39 is 0 Å². The second-order valence-electron chi connectivity index (χ2n) is 6.52. The third-order valence-electron chi connectivity index (χ3n) is 4.87. The van der Waals surface area contributed by atoms with Gasteiger partial charge in [-0.15, -0.1) is 0 Å². The first kappa shape index (κ1) is 17.2. The number of rotatable bonds is 3. The van der Waals surface area contributed by atoms with Crippen LogP contribution in [0.1, 0.15) is 31.4 Å². The number of nitrogens with one attached hydrogen (secondary N) is 1. The van der Waals surface area contributed by atoms with Crippen LogP contribution in [0.4, 0.5) is 4.79 Å². The van der Waals surface area contributed by atoms with E-state index >= 15 is 0 Å². The molecule has 1 fully saturated rings. The third kappa shape index (κ3) is 3.39. The maximum Gasteiger partial charge on any atom is 0.317 e. The van der Waals surface area contributed by atoms with Crippen LogP contribution in [0.3, 0.4) is 0 Å². The number of urea groups is 1. The highest BCUT2D eigenvalue weighted by Gasteiger charge is 2.27. The second kappa shape index (κ2) is 7.07. The van der Waals surface area contributed by atoms with E-state index in [-0.39, 0.29) is 24.9 Å². The van der Waals surface area contributed by atoms with Gasteiger partial charge in [0, 0.05) is 13.1 Å². The van der Waals surface area contributed by atoms with Crippen molar-refractivity contribution < 1.29 is 14.3 Å².